The minimum atomic E-state index is -1.01. The Hall–Kier alpha value is -1.69. The lowest BCUT2D eigenvalue weighted by Crippen LogP contribution is -2.55. The number of benzene rings is 1. The number of aliphatic hydroxyl groups excluding tert-OH is 2. The second-order valence-electron chi connectivity index (χ2n) is 8.19. The van der Waals surface area contributed by atoms with Crippen LogP contribution in [0, 0.1) is 3.57 Å². The lowest BCUT2D eigenvalue weighted by atomic mass is 9.87. The molecule has 0 fully saturated rings. The Morgan fingerprint density at radius 2 is 2.00 bits per heavy atom. The van der Waals surface area contributed by atoms with Gasteiger partial charge in [0.15, 0.2) is 0 Å². The molecule has 34 heavy (non-hydrogen) atoms. The van der Waals surface area contributed by atoms with Crippen LogP contribution in [0.1, 0.15) is 46.0 Å². The van der Waals surface area contributed by atoms with Gasteiger partial charge in [0.1, 0.15) is 18.0 Å². The first-order chi connectivity index (χ1) is 16.4. The Morgan fingerprint density at radius 3 is 2.68 bits per heavy atom. The van der Waals surface area contributed by atoms with E-state index in [9.17, 15) is 14.7 Å². The fraction of sp³-hybridized carbons (Fsp3) is 0.600. The number of rotatable bonds is 14. The zero-order valence-corrected chi connectivity index (χ0v) is 22.2. The van der Waals surface area contributed by atoms with E-state index in [2.05, 4.69) is 27.9 Å². The Labute approximate surface area is 215 Å². The molecule has 0 spiro atoms. The largest absolute Gasteiger partial charge is 0.482 e. The molecule has 0 radical (unpaired) electrons. The number of amides is 2. The highest BCUT2D eigenvalue weighted by molar-refractivity contribution is 14.1. The van der Waals surface area contributed by atoms with E-state index in [-0.39, 0.29) is 31.4 Å². The van der Waals surface area contributed by atoms with E-state index in [4.69, 9.17) is 14.6 Å². The number of nitrogens with zero attached hydrogens (tertiary/aromatic N) is 1. The van der Waals surface area contributed by atoms with Crippen LogP contribution >= 0.6 is 22.6 Å². The van der Waals surface area contributed by atoms with Crippen LogP contribution in [0.15, 0.2) is 35.9 Å². The van der Waals surface area contributed by atoms with Gasteiger partial charge in [-0.15, -0.1) is 0 Å². The minimum Gasteiger partial charge on any atom is -0.482 e. The van der Waals surface area contributed by atoms with Crippen LogP contribution in [0.5, 0.6) is 5.75 Å². The first kappa shape index (κ1) is 28.5. The maximum absolute atomic E-state index is 13.2. The van der Waals surface area contributed by atoms with Crippen LogP contribution in [-0.2, 0) is 14.3 Å². The van der Waals surface area contributed by atoms with Gasteiger partial charge in [-0.1, -0.05) is 25.5 Å². The lowest BCUT2D eigenvalue weighted by Gasteiger charge is -2.40. The number of unbranched alkanes of at least 4 members (excludes halogenated alkanes) is 1. The van der Waals surface area contributed by atoms with Gasteiger partial charge in [-0.25, -0.2) is 0 Å². The molecule has 190 valence electrons. The zero-order chi connectivity index (χ0) is 24.9. The van der Waals surface area contributed by atoms with Crippen molar-refractivity contribution < 1.29 is 29.3 Å². The molecule has 0 saturated carbocycles. The van der Waals surface area contributed by atoms with E-state index < -0.39 is 18.2 Å². The molecule has 1 aromatic rings. The zero-order valence-electron chi connectivity index (χ0n) is 20.0. The summed E-state index contributed by atoms with van der Waals surface area (Å²) in [5.41, 5.74) is 0.429. The Bertz CT molecular complexity index is 818. The van der Waals surface area contributed by atoms with E-state index in [1.807, 2.05) is 38.1 Å². The topological polar surface area (TPSA) is 108 Å². The summed E-state index contributed by atoms with van der Waals surface area (Å²) in [5.74, 6) is 0.212. The van der Waals surface area contributed by atoms with Crippen LogP contribution in [0.3, 0.4) is 0 Å². The van der Waals surface area contributed by atoms with Gasteiger partial charge in [-0.2, -0.15) is 0 Å². The molecule has 0 saturated heterocycles. The second-order valence-corrected chi connectivity index (χ2v) is 9.35. The van der Waals surface area contributed by atoms with Gasteiger partial charge in [0, 0.05) is 44.7 Å². The number of halogens is 1. The fourth-order valence-electron chi connectivity index (χ4n) is 3.89. The molecule has 0 bridgehead atoms. The highest BCUT2D eigenvalue weighted by atomic mass is 127. The number of ether oxygens (including phenoxy) is 2. The molecule has 8 nitrogen and oxygen atoms in total. The van der Waals surface area contributed by atoms with E-state index in [0.717, 1.165) is 16.4 Å². The lowest BCUT2D eigenvalue weighted by molar-refractivity contribution is -0.139. The van der Waals surface area contributed by atoms with E-state index in [0.29, 0.717) is 43.9 Å². The molecule has 2 rings (SSSR count). The molecule has 9 heteroatoms. The molecule has 2 amide bonds. The van der Waals surface area contributed by atoms with E-state index >= 15 is 0 Å². The monoisotopic (exact) mass is 588 g/mol. The third kappa shape index (κ3) is 8.51. The third-order valence-corrected chi connectivity index (χ3v) is 6.56. The van der Waals surface area contributed by atoms with Crippen molar-refractivity contribution in [3.8, 4) is 5.75 Å². The molecule has 1 aliphatic carbocycles. The van der Waals surface area contributed by atoms with Crippen molar-refractivity contribution in [1.29, 1.82) is 0 Å². The predicted molar refractivity (Wildman–Crippen MR) is 139 cm³/mol. The van der Waals surface area contributed by atoms with Crippen molar-refractivity contribution in [2.24, 2.45) is 0 Å². The number of nitrogens with one attached hydrogen (secondary N) is 1. The van der Waals surface area contributed by atoms with Crippen LogP contribution in [0.4, 0.5) is 0 Å². The number of carbonyl (C=O) groups excluding carboxylic acids is 2. The Kier molecular flexibility index (Phi) is 12.9. The summed E-state index contributed by atoms with van der Waals surface area (Å²) < 4.78 is 12.5. The summed E-state index contributed by atoms with van der Waals surface area (Å²) in [6.07, 6.45) is 2.67. The average Bonchev–Trinajstić information content (AvgIpc) is 2.84. The van der Waals surface area contributed by atoms with Crippen LogP contribution in [-0.4, -0.2) is 78.1 Å². The maximum Gasteiger partial charge on any atom is 0.247 e. The van der Waals surface area contributed by atoms with Crippen LogP contribution < -0.4 is 10.1 Å². The highest BCUT2D eigenvalue weighted by Crippen LogP contribution is 2.30. The number of carbonyl (C=O) groups is 2. The SMILES string of the molecule is CCCCC(=O)N(CCCOCC)C1CC(C(=O)NCCO)=CC(Oc2ccccc2I)C1O. The van der Waals surface area contributed by atoms with Gasteiger partial charge in [-0.05, 0) is 60.6 Å². The van der Waals surface area contributed by atoms with Gasteiger partial charge in [0.05, 0.1) is 16.2 Å². The van der Waals surface area contributed by atoms with E-state index in [1.165, 1.54) is 0 Å². The van der Waals surface area contributed by atoms with Gasteiger partial charge >= 0.3 is 0 Å². The molecule has 3 unspecified atom stereocenters. The van der Waals surface area contributed by atoms with Crippen molar-refractivity contribution in [1.82, 2.24) is 10.2 Å². The van der Waals surface area contributed by atoms with Crippen molar-refractivity contribution in [3.05, 3.63) is 39.5 Å². The second kappa shape index (κ2) is 15.3. The van der Waals surface area contributed by atoms with Crippen molar-refractivity contribution in [2.75, 3.05) is 32.9 Å². The predicted octanol–water partition coefficient (Wildman–Crippen LogP) is 2.65. The first-order valence-corrected chi connectivity index (χ1v) is 13.1. The summed E-state index contributed by atoms with van der Waals surface area (Å²) >= 11 is 2.16. The summed E-state index contributed by atoms with van der Waals surface area (Å²) in [4.78, 5) is 27.6. The summed E-state index contributed by atoms with van der Waals surface area (Å²) in [6.45, 7) is 5.43. The van der Waals surface area contributed by atoms with Gasteiger partial charge in [0.25, 0.3) is 0 Å². The van der Waals surface area contributed by atoms with Crippen molar-refractivity contribution in [2.45, 2.75) is 64.2 Å². The number of aliphatic hydroxyl groups is 2. The summed E-state index contributed by atoms with van der Waals surface area (Å²) in [7, 11) is 0. The molecule has 0 heterocycles. The summed E-state index contributed by atoms with van der Waals surface area (Å²) in [6, 6.07) is 6.83. The first-order valence-electron chi connectivity index (χ1n) is 12.0. The molecule has 0 aliphatic heterocycles. The number of para-hydroxylation sites is 1. The van der Waals surface area contributed by atoms with Crippen LogP contribution in [0.25, 0.3) is 0 Å². The highest BCUT2D eigenvalue weighted by Gasteiger charge is 2.40. The Morgan fingerprint density at radius 1 is 1.24 bits per heavy atom. The molecule has 1 aromatic carbocycles. The normalized spacial score (nSPS) is 19.9. The molecule has 0 aromatic heterocycles. The van der Waals surface area contributed by atoms with Gasteiger partial charge in [-0.3, -0.25) is 9.59 Å². The van der Waals surface area contributed by atoms with Crippen molar-refractivity contribution >= 4 is 34.4 Å². The molecule has 1 aliphatic rings. The third-order valence-electron chi connectivity index (χ3n) is 5.67. The average molecular weight is 588 g/mol. The quantitative estimate of drug-likeness (QED) is 0.228. The molecular weight excluding hydrogens is 551 g/mol. The minimum absolute atomic E-state index is 0.0487. The van der Waals surface area contributed by atoms with Gasteiger partial charge < -0.3 is 29.9 Å². The maximum atomic E-state index is 13.2. The molecular formula is C25H37IN2O6. The molecule has 3 atom stereocenters. The smallest absolute Gasteiger partial charge is 0.247 e. The summed E-state index contributed by atoms with van der Waals surface area (Å²) in [5, 5.41) is 23.1. The standard InChI is InChI=1S/C25H37IN2O6/c1-3-5-11-23(30)28(13-8-15-33-4-2)20-16-18(25(32)27-12-14-29)17-22(24(20)31)34-21-10-7-6-9-19(21)26/h6-7,9-10,17,20,22,24,29,31H,3-5,8,11-16H2,1-2H3,(H,27,32). The van der Waals surface area contributed by atoms with Crippen molar-refractivity contribution in [3.63, 3.8) is 0 Å². The molecule has 3 N–H and O–H groups in total. The van der Waals surface area contributed by atoms with Crippen LogP contribution in [0.2, 0.25) is 0 Å². The number of hydrogen-bond acceptors (Lipinski definition) is 6. The Balaban J connectivity index is 2.33. The van der Waals surface area contributed by atoms with Gasteiger partial charge in [0.2, 0.25) is 11.8 Å². The van der Waals surface area contributed by atoms with E-state index in [1.54, 1.807) is 11.0 Å². The number of hydrogen-bond donors (Lipinski definition) is 3. The fourth-order valence-corrected chi connectivity index (χ4v) is 4.41.